The predicted molar refractivity (Wildman–Crippen MR) is 498 cm³/mol. The van der Waals surface area contributed by atoms with Crippen LogP contribution in [0.3, 0.4) is 0 Å². The zero-order chi connectivity index (χ0) is 93.2. The number of ether oxygens (including phenoxy) is 10. The van der Waals surface area contributed by atoms with Gasteiger partial charge in [0.2, 0.25) is 12.2 Å². The Morgan fingerprint density at radius 3 is 1.17 bits per heavy atom. The van der Waals surface area contributed by atoms with E-state index in [1.807, 2.05) is 124 Å². The van der Waals surface area contributed by atoms with E-state index in [9.17, 15) is 50.7 Å². The van der Waals surface area contributed by atoms with Gasteiger partial charge >= 0.3 is 45.5 Å². The lowest BCUT2D eigenvalue weighted by Crippen LogP contribution is -2.40. The number of thioether (sulfide) groups is 2. The molecule has 0 spiro atoms. The molecular formula is C89H115Cl3F3N9O18S5. The summed E-state index contributed by atoms with van der Waals surface area (Å²) in [6.45, 7) is 42.3. The number of carbonyl (C=O) groups is 5. The van der Waals surface area contributed by atoms with Crippen LogP contribution in [-0.2, 0) is 57.4 Å². The van der Waals surface area contributed by atoms with Gasteiger partial charge in [0.25, 0.3) is 3.79 Å². The number of alkyl carbamates (subject to hydrolysis) is 1. The maximum absolute atomic E-state index is 12.7. The second-order valence-corrected chi connectivity index (χ2v) is 37.6. The molecule has 4 fully saturated rings. The molecule has 696 valence electrons. The molecule has 0 bridgehead atoms. The molecule has 10 rings (SSSR count). The minimum absolute atomic E-state index is 0. The number of amides is 1. The van der Waals surface area contributed by atoms with Gasteiger partial charge in [-0.05, 0) is 161 Å². The van der Waals surface area contributed by atoms with Crippen molar-refractivity contribution in [3.8, 4) is 0 Å². The van der Waals surface area contributed by atoms with E-state index in [0.29, 0.717) is 22.3 Å². The summed E-state index contributed by atoms with van der Waals surface area (Å²) >= 11 is 20.2. The van der Waals surface area contributed by atoms with E-state index in [1.54, 1.807) is 108 Å². The van der Waals surface area contributed by atoms with Crippen molar-refractivity contribution in [3.63, 3.8) is 0 Å². The maximum atomic E-state index is 12.7. The zero-order valence-electron chi connectivity index (χ0n) is 73.5. The first-order valence-corrected chi connectivity index (χ1v) is 44.1. The number of amidine groups is 1. The summed E-state index contributed by atoms with van der Waals surface area (Å²) in [7, 11) is -5.67. The number of nitrogens with one attached hydrogen (secondary N) is 5. The Bertz CT molecular complexity index is 4790. The Balaban J connectivity index is 0.000000335. The summed E-state index contributed by atoms with van der Waals surface area (Å²) in [5.74, 6) is -3.51. The summed E-state index contributed by atoms with van der Waals surface area (Å²) in [6.07, 6.45) is -6.69. The number of halogens is 6. The number of azide groups is 1. The summed E-state index contributed by atoms with van der Waals surface area (Å²) in [5, 5.41) is 33.1. The number of aliphatic hydroxyl groups excluding tert-OH is 1. The average Bonchev–Trinajstić information content (AvgIpc) is 1.67. The molecule has 4 aliphatic heterocycles. The second kappa shape index (κ2) is 51.1. The van der Waals surface area contributed by atoms with Gasteiger partial charge in [-0.15, -0.1) is 4.40 Å². The average molecular weight is 1920 g/mol. The number of esters is 4. The SMILES string of the molecule is C=C(C)N[C@@H](C)[C@H]1OC(O)C(OC(=O)c2ccccc2)[C@H]1C.C=C(C)N[C@@H](C)[C@H]1O[C@@H](OC(=N)C(Cl)(Cl)Cl)C(OC(=O)c2ccccc2)[C@H]1C.C=C(C)N[C@@H](C)[C@H]1O[C@@H](Sc2ccc(C)cc2)C(OC(=O)c2ccccc2)[C@H]1C.CC(=NS(=O)(=O)C(F)(F)F)NC(=O)OC(C)(C)C.Cc1ccc(S[C@@H]2O[C@H]([C@H](C)N=[N+]=[N-])[C@H](C)C2OC(=O)c2ccccc2)cc1.S.S. The molecule has 0 radical (unpaired) electrons. The third kappa shape index (κ3) is 35.0. The number of carbonyl (C=O) groups excluding carboxylic acids is 5. The van der Waals surface area contributed by atoms with Crippen LogP contribution in [0, 0.1) is 42.9 Å². The Labute approximate surface area is 778 Å². The predicted octanol–water partition coefficient (Wildman–Crippen LogP) is 19.1. The maximum Gasteiger partial charge on any atom is 0.518 e. The van der Waals surface area contributed by atoms with E-state index in [2.05, 4.69) is 95.1 Å². The standard InChI is InChI=1S/C24H29NO3S.C21H23N3O3S.C19H23Cl3N2O4.C17H23NO4.C8H13F3N2O4S.2H2S/c1-15(2)25-18(5)21-17(4)22(27-23(26)19-9-7-6-8-10-19)24(28-21)29-20-13-11-16(3)12-14-20;1-13-9-11-17(12-10-13)28-21-19(14(2)18(27-21)15(3)23-24-22)26-20(25)16-7-5-4-6-8-16;1-10(2)24-12(4)14-11(3)15(17(27-14)28-18(23)19(20,21)22)26-16(25)13-8-6-5-7-9-13;1-10(2)18-12(4)14-11(3)15(17(20)21-14)22-16(19)13-8-6-5-7-9-13;1-5(12-6(14)17-7(2,3)4)13-18(15,16)8(9,10)11;;/h6-14,17-18,21-22,24-25H,1H2,2-5H3;4-12,14-15,18-19,21H,1-3H3;5-9,11-12,14-15,17,23-24H,1H2,2-4H3;5-9,11-12,14-15,17-18,20H,1H2,2-4H3;1-4H3,(H,12,13,14);2*1H2/t17-,18-,21-,22?,24-;14-,15-,18-,19?,21-;11-,12-,14-,15?,17-;11-,12-,14-,15?,17?;;;/m0000.../s1. The highest BCUT2D eigenvalue weighted by molar-refractivity contribution is 8.00. The van der Waals surface area contributed by atoms with Crippen molar-refractivity contribution in [2.24, 2.45) is 33.2 Å². The van der Waals surface area contributed by atoms with Gasteiger partial charge < -0.3 is 68.4 Å². The second-order valence-electron chi connectivity index (χ2n) is 31.4. The van der Waals surface area contributed by atoms with Crippen molar-refractivity contribution < 1.29 is 98.0 Å². The monoisotopic (exact) mass is 1920 g/mol. The van der Waals surface area contributed by atoms with Crippen molar-refractivity contribution in [2.45, 2.75) is 239 Å². The first-order valence-electron chi connectivity index (χ1n) is 39.8. The molecule has 38 heteroatoms. The van der Waals surface area contributed by atoms with E-state index < -0.39 is 91.7 Å². The number of allylic oxidation sites excluding steroid dienone is 3. The van der Waals surface area contributed by atoms with Gasteiger partial charge in [0.1, 0.15) is 34.5 Å². The van der Waals surface area contributed by atoms with Crippen LogP contribution in [0.15, 0.2) is 226 Å². The molecule has 6 aromatic rings. The molecule has 27 nitrogen and oxygen atoms in total. The summed E-state index contributed by atoms with van der Waals surface area (Å²) in [4.78, 5) is 66.1. The molecule has 6 aromatic carbocycles. The van der Waals surface area contributed by atoms with E-state index in [1.165, 1.54) is 43.7 Å². The van der Waals surface area contributed by atoms with Crippen LogP contribution in [0.2, 0.25) is 0 Å². The van der Waals surface area contributed by atoms with Gasteiger partial charge in [-0.1, -0.05) is 226 Å². The molecule has 6 N–H and O–H groups in total. The number of benzene rings is 6. The van der Waals surface area contributed by atoms with Crippen molar-refractivity contribution in [1.82, 2.24) is 21.3 Å². The molecule has 4 saturated heterocycles. The highest BCUT2D eigenvalue weighted by atomic mass is 35.6. The van der Waals surface area contributed by atoms with Crippen molar-refractivity contribution in [3.05, 3.63) is 251 Å². The van der Waals surface area contributed by atoms with Gasteiger partial charge in [-0.2, -0.15) is 48.6 Å². The number of alkyl halides is 6. The fraction of sp³-hybridized carbons (Fsp3) is 0.449. The van der Waals surface area contributed by atoms with Gasteiger partial charge in [0.15, 0.2) is 18.5 Å². The topological polar surface area (TPSA) is 365 Å². The molecule has 4 heterocycles. The molecule has 127 heavy (non-hydrogen) atoms. The summed E-state index contributed by atoms with van der Waals surface area (Å²) in [6, 6.07) is 51.2. The number of sulfonamides is 1. The molecule has 20 atom stereocenters. The molecule has 1 amide bonds. The molecule has 4 aliphatic rings. The van der Waals surface area contributed by atoms with Gasteiger partial charge in [0, 0.05) is 73.6 Å². The largest absolute Gasteiger partial charge is 0.518 e. The Morgan fingerprint density at radius 2 is 0.835 bits per heavy atom. The van der Waals surface area contributed by atoms with Crippen LogP contribution in [0.25, 0.3) is 10.4 Å². The zero-order valence-corrected chi connectivity index (χ0v) is 80.2. The highest BCUT2D eigenvalue weighted by Gasteiger charge is 2.53. The minimum Gasteiger partial charge on any atom is -0.455 e. The van der Waals surface area contributed by atoms with Crippen LogP contribution < -0.4 is 21.3 Å². The summed E-state index contributed by atoms with van der Waals surface area (Å²) < 4.78 is 115. The minimum atomic E-state index is -5.67. The third-order valence-corrected chi connectivity index (χ3v) is 23.2. The van der Waals surface area contributed by atoms with Crippen molar-refractivity contribution in [2.75, 3.05) is 0 Å². The highest BCUT2D eigenvalue weighted by Crippen LogP contribution is 2.44. The van der Waals surface area contributed by atoms with Gasteiger partial charge in [-0.25, -0.2) is 24.0 Å². The fourth-order valence-electron chi connectivity index (χ4n) is 13.4. The Kier molecular flexibility index (Phi) is 44.5. The number of hydrogen-bond donors (Lipinski definition) is 6. The van der Waals surface area contributed by atoms with Crippen molar-refractivity contribution >= 4 is 137 Å². The number of rotatable bonds is 25. The normalized spacial score (nSPS) is 23.8. The quantitative estimate of drug-likeness (QED) is 0.00453. The molecular weight excluding hydrogens is 1810 g/mol. The lowest BCUT2D eigenvalue weighted by Gasteiger charge is -2.25. The van der Waals surface area contributed by atoms with Crippen LogP contribution >= 0.6 is 85.3 Å². The molecule has 5 unspecified atom stereocenters. The number of hydrogen-bond acceptors (Lipinski definition) is 25. The van der Waals surface area contributed by atoms with Gasteiger partial charge in [-0.3, -0.25) is 10.7 Å². The number of aryl methyl sites for hydroxylation is 2. The Morgan fingerprint density at radius 1 is 0.520 bits per heavy atom. The van der Waals surface area contributed by atoms with Crippen molar-refractivity contribution in [1.29, 1.82) is 5.41 Å². The van der Waals surface area contributed by atoms with Gasteiger partial charge in [0.05, 0.1) is 52.7 Å². The van der Waals surface area contributed by atoms with E-state index in [0.717, 1.165) is 33.8 Å². The van der Waals surface area contributed by atoms with Crippen LogP contribution in [0.5, 0.6) is 0 Å². The van der Waals surface area contributed by atoms with E-state index >= 15 is 0 Å². The molecule has 0 aliphatic carbocycles. The molecule has 0 aromatic heterocycles. The first kappa shape index (κ1) is 111. The fourth-order valence-corrected chi connectivity index (χ4v) is 16.4. The number of nitrogens with zero attached hydrogens (tertiary/aromatic N) is 4. The lowest BCUT2D eigenvalue weighted by atomic mass is 9.95. The lowest BCUT2D eigenvalue weighted by molar-refractivity contribution is -0.133. The third-order valence-electron chi connectivity index (χ3n) is 19.3. The van der Waals surface area contributed by atoms with E-state index in [-0.39, 0.29) is 122 Å². The summed E-state index contributed by atoms with van der Waals surface area (Å²) in [5.41, 5.74) is 8.50. The van der Waals surface area contributed by atoms with E-state index in [4.69, 9.17) is 93.1 Å². The van der Waals surface area contributed by atoms with Crippen LogP contribution in [-0.4, -0.2) is 167 Å². The molecule has 0 saturated carbocycles. The smallest absolute Gasteiger partial charge is 0.455 e. The first-order chi connectivity index (χ1) is 58.5. The Hall–Kier alpha value is -8.65. The number of aliphatic hydroxyl groups is 1. The van der Waals surface area contributed by atoms with Crippen LogP contribution in [0.4, 0.5) is 18.0 Å². The van der Waals surface area contributed by atoms with Crippen LogP contribution in [0.1, 0.15) is 156 Å².